The van der Waals surface area contributed by atoms with E-state index in [0.717, 1.165) is 25.4 Å². The standard InChI is InChI=1S/C15H29NO2/c1-11-8-16(9-12(2)18-11)10-14-7-13(5-6-17)15(14,3)4/h11-14,17H,5-10H2,1-4H3/t11-,12+,13-,14-/m0/s1. The molecule has 2 aliphatic rings. The van der Waals surface area contributed by atoms with Crippen molar-refractivity contribution in [3.05, 3.63) is 0 Å². The first-order valence-electron chi connectivity index (χ1n) is 7.42. The Hall–Kier alpha value is -0.120. The van der Waals surface area contributed by atoms with Gasteiger partial charge in [0.25, 0.3) is 0 Å². The Kier molecular flexibility index (Phi) is 4.35. The number of aliphatic hydroxyl groups excluding tert-OH is 1. The van der Waals surface area contributed by atoms with E-state index in [2.05, 4.69) is 32.6 Å². The summed E-state index contributed by atoms with van der Waals surface area (Å²) < 4.78 is 5.79. The van der Waals surface area contributed by atoms with Crippen LogP contribution in [0.4, 0.5) is 0 Å². The third kappa shape index (κ3) is 2.89. The first kappa shape index (κ1) is 14.3. The minimum absolute atomic E-state index is 0.340. The van der Waals surface area contributed by atoms with Gasteiger partial charge in [-0.1, -0.05) is 13.8 Å². The highest BCUT2D eigenvalue weighted by molar-refractivity contribution is 4.97. The smallest absolute Gasteiger partial charge is 0.0678 e. The molecular weight excluding hydrogens is 226 g/mol. The molecule has 106 valence electrons. The Balaban J connectivity index is 1.84. The summed E-state index contributed by atoms with van der Waals surface area (Å²) in [7, 11) is 0. The van der Waals surface area contributed by atoms with Crippen molar-refractivity contribution < 1.29 is 9.84 Å². The number of hydrogen-bond acceptors (Lipinski definition) is 3. The topological polar surface area (TPSA) is 32.7 Å². The molecule has 1 saturated carbocycles. The lowest BCUT2D eigenvalue weighted by Gasteiger charge is -2.54. The predicted octanol–water partition coefficient (Wildman–Crippen LogP) is 2.14. The summed E-state index contributed by atoms with van der Waals surface area (Å²) in [5.41, 5.74) is 0.396. The van der Waals surface area contributed by atoms with Crippen LogP contribution in [0.25, 0.3) is 0 Å². The minimum Gasteiger partial charge on any atom is -0.396 e. The summed E-state index contributed by atoms with van der Waals surface area (Å²) in [6.45, 7) is 12.8. The molecule has 0 aromatic rings. The zero-order valence-electron chi connectivity index (χ0n) is 12.4. The van der Waals surface area contributed by atoms with Crippen LogP contribution >= 0.6 is 0 Å². The maximum atomic E-state index is 9.08. The van der Waals surface area contributed by atoms with Crippen LogP contribution in [0.3, 0.4) is 0 Å². The van der Waals surface area contributed by atoms with Crippen molar-refractivity contribution in [1.29, 1.82) is 0 Å². The van der Waals surface area contributed by atoms with Crippen molar-refractivity contribution in [2.45, 2.75) is 52.7 Å². The zero-order valence-corrected chi connectivity index (χ0v) is 12.4. The van der Waals surface area contributed by atoms with Gasteiger partial charge in [-0.25, -0.2) is 0 Å². The number of ether oxygens (including phenoxy) is 1. The second kappa shape index (κ2) is 5.48. The highest BCUT2D eigenvalue weighted by Crippen LogP contribution is 2.53. The van der Waals surface area contributed by atoms with Crippen LogP contribution in [0, 0.1) is 17.3 Å². The number of hydrogen-bond donors (Lipinski definition) is 1. The lowest BCUT2D eigenvalue weighted by atomic mass is 9.53. The summed E-state index contributed by atoms with van der Waals surface area (Å²) in [6.07, 6.45) is 2.99. The van der Waals surface area contributed by atoms with E-state index >= 15 is 0 Å². The third-order valence-corrected chi connectivity index (χ3v) is 5.12. The van der Waals surface area contributed by atoms with Gasteiger partial charge in [-0.15, -0.1) is 0 Å². The maximum Gasteiger partial charge on any atom is 0.0678 e. The summed E-state index contributed by atoms with van der Waals surface area (Å²) in [5, 5.41) is 9.08. The molecule has 4 atom stereocenters. The Morgan fingerprint density at radius 2 is 1.78 bits per heavy atom. The van der Waals surface area contributed by atoms with Gasteiger partial charge in [0, 0.05) is 26.2 Å². The second-order valence-corrected chi connectivity index (χ2v) is 6.94. The molecule has 1 heterocycles. The molecule has 2 fully saturated rings. The van der Waals surface area contributed by atoms with Crippen molar-refractivity contribution in [1.82, 2.24) is 4.90 Å². The zero-order chi connectivity index (χ0) is 13.3. The fourth-order valence-corrected chi connectivity index (χ4v) is 3.82. The van der Waals surface area contributed by atoms with E-state index in [-0.39, 0.29) is 0 Å². The van der Waals surface area contributed by atoms with Crippen LogP contribution in [0.5, 0.6) is 0 Å². The molecule has 1 aliphatic heterocycles. The van der Waals surface area contributed by atoms with E-state index in [1.54, 1.807) is 0 Å². The number of aliphatic hydroxyl groups is 1. The van der Waals surface area contributed by atoms with Gasteiger partial charge in [0.15, 0.2) is 0 Å². The molecule has 0 amide bonds. The first-order chi connectivity index (χ1) is 8.43. The van der Waals surface area contributed by atoms with Gasteiger partial charge in [-0.3, -0.25) is 4.90 Å². The third-order valence-electron chi connectivity index (χ3n) is 5.12. The van der Waals surface area contributed by atoms with Crippen LogP contribution in [0.15, 0.2) is 0 Å². The van der Waals surface area contributed by atoms with Crippen molar-refractivity contribution in [2.75, 3.05) is 26.2 Å². The van der Waals surface area contributed by atoms with Crippen LogP contribution in [-0.2, 0) is 4.74 Å². The second-order valence-electron chi connectivity index (χ2n) is 6.94. The van der Waals surface area contributed by atoms with E-state index in [1.807, 2.05) is 0 Å². The van der Waals surface area contributed by atoms with Crippen LogP contribution in [-0.4, -0.2) is 48.5 Å². The van der Waals surface area contributed by atoms with E-state index in [0.29, 0.717) is 30.1 Å². The minimum atomic E-state index is 0.340. The van der Waals surface area contributed by atoms with Gasteiger partial charge < -0.3 is 9.84 Å². The Bertz CT molecular complexity index is 270. The quantitative estimate of drug-likeness (QED) is 0.835. The molecule has 1 N–H and O–H groups in total. The summed E-state index contributed by atoms with van der Waals surface area (Å²) >= 11 is 0. The molecule has 3 heteroatoms. The van der Waals surface area contributed by atoms with Crippen molar-refractivity contribution >= 4 is 0 Å². The highest BCUT2D eigenvalue weighted by Gasteiger charge is 2.47. The van der Waals surface area contributed by atoms with E-state index in [1.165, 1.54) is 13.0 Å². The average Bonchev–Trinajstić information content (AvgIpc) is 2.26. The molecule has 0 aromatic heterocycles. The largest absolute Gasteiger partial charge is 0.396 e. The summed E-state index contributed by atoms with van der Waals surface area (Å²) in [4.78, 5) is 2.57. The Morgan fingerprint density at radius 3 is 2.28 bits per heavy atom. The molecule has 2 rings (SSSR count). The van der Waals surface area contributed by atoms with Gasteiger partial charge >= 0.3 is 0 Å². The predicted molar refractivity (Wildman–Crippen MR) is 73.5 cm³/mol. The van der Waals surface area contributed by atoms with E-state index < -0.39 is 0 Å². The van der Waals surface area contributed by atoms with E-state index in [4.69, 9.17) is 9.84 Å². The molecule has 1 aliphatic carbocycles. The van der Waals surface area contributed by atoms with Crippen LogP contribution in [0.2, 0.25) is 0 Å². The molecule has 0 bridgehead atoms. The Morgan fingerprint density at radius 1 is 1.17 bits per heavy atom. The monoisotopic (exact) mass is 255 g/mol. The molecule has 0 spiro atoms. The van der Waals surface area contributed by atoms with Crippen LogP contribution in [0.1, 0.15) is 40.5 Å². The van der Waals surface area contributed by atoms with Gasteiger partial charge in [-0.05, 0) is 43.9 Å². The molecular formula is C15H29NO2. The number of rotatable bonds is 4. The van der Waals surface area contributed by atoms with Gasteiger partial charge in [0.05, 0.1) is 12.2 Å². The molecule has 1 saturated heterocycles. The van der Waals surface area contributed by atoms with Crippen LogP contribution < -0.4 is 0 Å². The molecule has 0 aromatic carbocycles. The van der Waals surface area contributed by atoms with Gasteiger partial charge in [0.2, 0.25) is 0 Å². The fourth-order valence-electron chi connectivity index (χ4n) is 3.82. The maximum absolute atomic E-state index is 9.08. The van der Waals surface area contributed by atoms with Gasteiger partial charge in [0.1, 0.15) is 0 Å². The summed E-state index contributed by atoms with van der Waals surface area (Å²) in [6, 6.07) is 0. The molecule has 0 unspecified atom stereocenters. The van der Waals surface area contributed by atoms with E-state index in [9.17, 15) is 0 Å². The number of nitrogens with zero attached hydrogens (tertiary/aromatic N) is 1. The molecule has 0 radical (unpaired) electrons. The van der Waals surface area contributed by atoms with Crippen molar-refractivity contribution in [2.24, 2.45) is 17.3 Å². The normalized spacial score (nSPS) is 40.5. The summed E-state index contributed by atoms with van der Waals surface area (Å²) in [5.74, 6) is 1.50. The molecule has 3 nitrogen and oxygen atoms in total. The van der Waals surface area contributed by atoms with Crippen molar-refractivity contribution in [3.8, 4) is 0 Å². The first-order valence-corrected chi connectivity index (χ1v) is 7.42. The lowest BCUT2D eigenvalue weighted by molar-refractivity contribution is -0.101. The molecule has 18 heavy (non-hydrogen) atoms. The number of morpholine rings is 1. The highest BCUT2D eigenvalue weighted by atomic mass is 16.5. The lowest BCUT2D eigenvalue weighted by Crippen LogP contribution is -2.54. The van der Waals surface area contributed by atoms with Gasteiger partial charge in [-0.2, -0.15) is 0 Å². The average molecular weight is 255 g/mol. The Labute approximate surface area is 112 Å². The SMILES string of the molecule is C[C@@H]1CN(C[C@@H]2C[C@H](CCO)C2(C)C)C[C@H](C)O1. The fraction of sp³-hybridized carbons (Fsp3) is 1.00. The van der Waals surface area contributed by atoms with Crippen molar-refractivity contribution in [3.63, 3.8) is 0 Å².